The third kappa shape index (κ3) is 7.16. The van der Waals surface area contributed by atoms with Gasteiger partial charge in [0.2, 0.25) is 0 Å². The van der Waals surface area contributed by atoms with Gasteiger partial charge in [0.25, 0.3) is 0 Å². The van der Waals surface area contributed by atoms with E-state index in [9.17, 15) is 18.3 Å². The number of hydrogen-bond acceptors (Lipinski definition) is 3. The number of halogens is 3. The summed E-state index contributed by atoms with van der Waals surface area (Å²) in [5.74, 6) is -0.114. The van der Waals surface area contributed by atoms with E-state index in [0.717, 1.165) is 25.0 Å². The van der Waals surface area contributed by atoms with Gasteiger partial charge in [0.15, 0.2) is 5.96 Å². The highest BCUT2D eigenvalue weighted by Crippen LogP contribution is 2.24. The SMILES string of the molecule is CCCCNC(N)=NCC(O)c1ccc(OC(F)(F)F)cc1. The molecule has 4 N–H and O–H groups in total. The zero-order valence-electron chi connectivity index (χ0n) is 12.2. The van der Waals surface area contributed by atoms with Crippen LogP contribution in [0.15, 0.2) is 29.3 Å². The number of ether oxygens (including phenoxy) is 1. The minimum atomic E-state index is -4.73. The van der Waals surface area contributed by atoms with E-state index in [1.165, 1.54) is 12.1 Å². The van der Waals surface area contributed by atoms with Crippen LogP contribution in [0.5, 0.6) is 5.75 Å². The molecule has 124 valence electrons. The molecule has 0 heterocycles. The number of alkyl halides is 3. The zero-order chi connectivity index (χ0) is 16.6. The van der Waals surface area contributed by atoms with E-state index in [1.54, 1.807) is 0 Å². The molecule has 1 atom stereocenters. The van der Waals surface area contributed by atoms with Crippen LogP contribution in [0.1, 0.15) is 31.4 Å². The first kappa shape index (κ1) is 18.1. The number of aliphatic hydroxyl groups is 1. The average molecular weight is 319 g/mol. The zero-order valence-corrected chi connectivity index (χ0v) is 12.2. The van der Waals surface area contributed by atoms with Crippen molar-refractivity contribution in [2.24, 2.45) is 10.7 Å². The topological polar surface area (TPSA) is 79.9 Å². The Morgan fingerprint density at radius 1 is 1.36 bits per heavy atom. The molecule has 1 aromatic rings. The van der Waals surface area contributed by atoms with E-state index in [1.807, 2.05) is 6.92 Å². The molecule has 22 heavy (non-hydrogen) atoms. The third-order valence-corrected chi connectivity index (χ3v) is 2.77. The van der Waals surface area contributed by atoms with Gasteiger partial charge in [-0.3, -0.25) is 4.99 Å². The average Bonchev–Trinajstić information content (AvgIpc) is 2.44. The fourth-order valence-corrected chi connectivity index (χ4v) is 1.63. The standard InChI is InChI=1S/C14H20F3N3O2/c1-2-3-8-19-13(18)20-9-12(21)10-4-6-11(7-5-10)22-14(15,16)17/h4-7,12,21H,2-3,8-9H2,1H3,(H3,18,19,20). The smallest absolute Gasteiger partial charge is 0.406 e. The maximum Gasteiger partial charge on any atom is 0.573 e. The van der Waals surface area contributed by atoms with Gasteiger partial charge in [0.1, 0.15) is 5.75 Å². The van der Waals surface area contributed by atoms with Crippen LogP contribution in [-0.2, 0) is 0 Å². The maximum atomic E-state index is 12.0. The van der Waals surface area contributed by atoms with E-state index in [2.05, 4.69) is 15.0 Å². The van der Waals surface area contributed by atoms with Crippen molar-refractivity contribution in [2.45, 2.75) is 32.2 Å². The fraction of sp³-hybridized carbons (Fsp3) is 0.500. The second-order valence-electron chi connectivity index (χ2n) is 4.64. The summed E-state index contributed by atoms with van der Waals surface area (Å²) in [6.07, 6.45) is -3.70. The largest absolute Gasteiger partial charge is 0.573 e. The summed E-state index contributed by atoms with van der Waals surface area (Å²) < 4.78 is 39.8. The summed E-state index contributed by atoms with van der Waals surface area (Å²) in [4.78, 5) is 3.98. The Kier molecular flexibility index (Phi) is 6.97. The Labute approximate surface area is 127 Å². The maximum absolute atomic E-state index is 12.0. The van der Waals surface area contributed by atoms with Crippen molar-refractivity contribution in [3.8, 4) is 5.75 Å². The van der Waals surface area contributed by atoms with Crippen LogP contribution in [0.3, 0.4) is 0 Å². The first-order chi connectivity index (χ1) is 10.3. The lowest BCUT2D eigenvalue weighted by molar-refractivity contribution is -0.274. The van der Waals surface area contributed by atoms with Gasteiger partial charge in [0.05, 0.1) is 12.6 Å². The quantitative estimate of drug-likeness (QED) is 0.409. The van der Waals surface area contributed by atoms with Gasteiger partial charge in [-0.2, -0.15) is 0 Å². The van der Waals surface area contributed by atoms with Crippen molar-refractivity contribution < 1.29 is 23.0 Å². The van der Waals surface area contributed by atoms with Crippen LogP contribution < -0.4 is 15.8 Å². The van der Waals surface area contributed by atoms with Gasteiger partial charge in [0, 0.05) is 6.54 Å². The number of unbranched alkanes of at least 4 members (excludes halogenated alkanes) is 1. The van der Waals surface area contributed by atoms with E-state index in [4.69, 9.17) is 5.73 Å². The lowest BCUT2D eigenvalue weighted by Crippen LogP contribution is -2.32. The number of rotatable bonds is 7. The Morgan fingerprint density at radius 2 is 2.00 bits per heavy atom. The van der Waals surface area contributed by atoms with Gasteiger partial charge in [-0.05, 0) is 24.1 Å². The molecule has 0 amide bonds. The minimum absolute atomic E-state index is 0.0183. The van der Waals surface area contributed by atoms with Gasteiger partial charge in [-0.1, -0.05) is 25.5 Å². The van der Waals surface area contributed by atoms with E-state index >= 15 is 0 Å². The molecular weight excluding hydrogens is 299 g/mol. The molecule has 1 unspecified atom stereocenters. The van der Waals surface area contributed by atoms with Crippen LogP contribution in [0.4, 0.5) is 13.2 Å². The van der Waals surface area contributed by atoms with Crippen molar-refractivity contribution in [3.05, 3.63) is 29.8 Å². The van der Waals surface area contributed by atoms with E-state index in [-0.39, 0.29) is 18.3 Å². The highest BCUT2D eigenvalue weighted by Gasteiger charge is 2.31. The Bertz CT molecular complexity index is 475. The van der Waals surface area contributed by atoms with Gasteiger partial charge in [-0.15, -0.1) is 13.2 Å². The van der Waals surface area contributed by atoms with Gasteiger partial charge in [-0.25, -0.2) is 0 Å². The minimum Gasteiger partial charge on any atom is -0.406 e. The lowest BCUT2D eigenvalue weighted by atomic mass is 10.1. The second kappa shape index (κ2) is 8.47. The first-order valence-electron chi connectivity index (χ1n) is 6.89. The van der Waals surface area contributed by atoms with Crippen LogP contribution in [0.2, 0.25) is 0 Å². The van der Waals surface area contributed by atoms with E-state index in [0.29, 0.717) is 12.1 Å². The molecule has 1 aromatic carbocycles. The number of benzene rings is 1. The molecule has 0 fully saturated rings. The molecular formula is C14H20F3N3O2. The lowest BCUT2D eigenvalue weighted by Gasteiger charge is -2.12. The Morgan fingerprint density at radius 3 is 2.55 bits per heavy atom. The highest BCUT2D eigenvalue weighted by atomic mass is 19.4. The predicted molar refractivity (Wildman–Crippen MR) is 77.5 cm³/mol. The van der Waals surface area contributed by atoms with Crippen molar-refractivity contribution in [1.82, 2.24) is 5.32 Å². The molecule has 0 bridgehead atoms. The summed E-state index contributed by atoms with van der Waals surface area (Å²) in [6, 6.07) is 4.97. The summed E-state index contributed by atoms with van der Waals surface area (Å²) in [7, 11) is 0. The van der Waals surface area contributed by atoms with Crippen molar-refractivity contribution >= 4 is 5.96 Å². The van der Waals surface area contributed by atoms with Crippen molar-refractivity contribution in [1.29, 1.82) is 0 Å². The number of nitrogens with zero attached hydrogens (tertiary/aromatic N) is 1. The molecule has 5 nitrogen and oxygen atoms in total. The van der Waals surface area contributed by atoms with Gasteiger partial charge < -0.3 is 20.9 Å². The molecule has 0 aliphatic heterocycles. The van der Waals surface area contributed by atoms with Crippen LogP contribution in [0.25, 0.3) is 0 Å². The molecule has 0 spiro atoms. The first-order valence-corrected chi connectivity index (χ1v) is 6.89. The molecule has 0 aliphatic rings. The summed E-state index contributed by atoms with van der Waals surface area (Å²) >= 11 is 0. The summed E-state index contributed by atoms with van der Waals surface area (Å²) in [5.41, 5.74) is 6.05. The van der Waals surface area contributed by atoms with Crippen LogP contribution >= 0.6 is 0 Å². The number of nitrogens with one attached hydrogen (secondary N) is 1. The number of aliphatic imine (C=N–C) groups is 1. The monoisotopic (exact) mass is 319 g/mol. The molecule has 0 aromatic heterocycles. The Balaban J connectivity index is 2.51. The van der Waals surface area contributed by atoms with Crippen molar-refractivity contribution in [2.75, 3.05) is 13.1 Å². The number of nitrogens with two attached hydrogens (primary N) is 1. The van der Waals surface area contributed by atoms with Crippen molar-refractivity contribution in [3.63, 3.8) is 0 Å². The van der Waals surface area contributed by atoms with Gasteiger partial charge >= 0.3 is 6.36 Å². The van der Waals surface area contributed by atoms with Crippen LogP contribution in [0, 0.1) is 0 Å². The van der Waals surface area contributed by atoms with E-state index < -0.39 is 12.5 Å². The summed E-state index contributed by atoms with van der Waals surface area (Å²) in [6.45, 7) is 2.76. The molecule has 8 heteroatoms. The highest BCUT2D eigenvalue weighted by molar-refractivity contribution is 5.77. The molecule has 0 saturated heterocycles. The second-order valence-corrected chi connectivity index (χ2v) is 4.64. The Hall–Kier alpha value is -1.96. The fourth-order valence-electron chi connectivity index (χ4n) is 1.63. The normalized spacial score (nSPS) is 13.8. The molecule has 0 radical (unpaired) electrons. The number of hydrogen-bond donors (Lipinski definition) is 3. The number of aliphatic hydroxyl groups excluding tert-OH is 1. The molecule has 0 saturated carbocycles. The molecule has 0 aliphatic carbocycles. The number of guanidine groups is 1. The molecule has 1 rings (SSSR count). The predicted octanol–water partition coefficient (Wildman–Crippen LogP) is 2.32. The van der Waals surface area contributed by atoms with Crippen LogP contribution in [-0.4, -0.2) is 30.5 Å². The third-order valence-electron chi connectivity index (χ3n) is 2.77. The summed E-state index contributed by atoms with van der Waals surface area (Å²) in [5, 5.41) is 12.8.